The molecular formula is C17H29N3O3. The minimum Gasteiger partial charge on any atom is -0.481 e. The lowest BCUT2D eigenvalue weighted by atomic mass is 10.0. The summed E-state index contributed by atoms with van der Waals surface area (Å²) in [5.74, 6) is -1.04. The largest absolute Gasteiger partial charge is 0.481 e. The molecule has 1 rings (SSSR count). The van der Waals surface area contributed by atoms with Gasteiger partial charge in [-0.1, -0.05) is 27.2 Å². The number of carboxylic acids is 1. The second kappa shape index (κ2) is 8.70. The second-order valence-electron chi connectivity index (χ2n) is 6.53. The smallest absolute Gasteiger partial charge is 0.308 e. The molecule has 0 aliphatic heterocycles. The van der Waals surface area contributed by atoms with Gasteiger partial charge in [0.05, 0.1) is 18.0 Å². The van der Waals surface area contributed by atoms with Crippen LogP contribution in [0, 0.1) is 25.7 Å². The van der Waals surface area contributed by atoms with Gasteiger partial charge >= 0.3 is 5.97 Å². The van der Waals surface area contributed by atoms with Gasteiger partial charge < -0.3 is 10.4 Å². The van der Waals surface area contributed by atoms with Crippen molar-refractivity contribution in [2.45, 2.75) is 60.4 Å². The Morgan fingerprint density at radius 3 is 2.48 bits per heavy atom. The molecule has 0 spiro atoms. The maximum Gasteiger partial charge on any atom is 0.308 e. The van der Waals surface area contributed by atoms with Gasteiger partial charge in [-0.2, -0.15) is 5.10 Å². The van der Waals surface area contributed by atoms with Crippen LogP contribution in [0.4, 0.5) is 0 Å². The molecule has 1 aromatic heterocycles. The summed E-state index contributed by atoms with van der Waals surface area (Å²) in [7, 11) is 0. The predicted molar refractivity (Wildman–Crippen MR) is 89.3 cm³/mol. The molecule has 0 aromatic carbocycles. The highest BCUT2D eigenvalue weighted by molar-refractivity contribution is 5.80. The zero-order valence-corrected chi connectivity index (χ0v) is 14.8. The molecule has 130 valence electrons. The second-order valence-corrected chi connectivity index (χ2v) is 6.53. The Labute approximate surface area is 138 Å². The highest BCUT2D eigenvalue weighted by Gasteiger charge is 2.19. The molecule has 0 radical (unpaired) electrons. The summed E-state index contributed by atoms with van der Waals surface area (Å²) in [6.07, 6.45) is 1.60. The molecule has 23 heavy (non-hydrogen) atoms. The van der Waals surface area contributed by atoms with Crippen molar-refractivity contribution in [2.24, 2.45) is 11.8 Å². The Balaban J connectivity index is 2.67. The average molecular weight is 323 g/mol. The highest BCUT2D eigenvalue weighted by Crippen LogP contribution is 2.15. The van der Waals surface area contributed by atoms with Gasteiger partial charge in [-0.3, -0.25) is 14.3 Å². The predicted octanol–water partition coefficient (Wildman–Crippen LogP) is 2.32. The van der Waals surface area contributed by atoms with Crippen molar-refractivity contribution in [1.29, 1.82) is 0 Å². The van der Waals surface area contributed by atoms with Crippen LogP contribution in [0.25, 0.3) is 0 Å². The molecular weight excluding hydrogens is 294 g/mol. The number of nitrogens with zero attached hydrogens (tertiary/aromatic N) is 2. The highest BCUT2D eigenvalue weighted by atomic mass is 16.4. The average Bonchev–Trinajstić information content (AvgIpc) is 2.70. The number of carboxylic acid groups (broad SMARTS) is 1. The van der Waals surface area contributed by atoms with Crippen LogP contribution in [-0.4, -0.2) is 33.3 Å². The van der Waals surface area contributed by atoms with Gasteiger partial charge in [-0.05, 0) is 26.2 Å². The first kappa shape index (κ1) is 19.2. The number of carbonyl (C=O) groups excluding carboxylic acids is 1. The molecule has 0 aliphatic carbocycles. The third kappa shape index (κ3) is 5.69. The van der Waals surface area contributed by atoms with E-state index in [1.807, 2.05) is 25.5 Å². The molecule has 6 heteroatoms. The number of rotatable bonds is 9. The van der Waals surface area contributed by atoms with Crippen LogP contribution in [0.3, 0.4) is 0 Å². The van der Waals surface area contributed by atoms with Crippen molar-refractivity contribution in [3.05, 3.63) is 17.0 Å². The summed E-state index contributed by atoms with van der Waals surface area (Å²) in [4.78, 5) is 23.2. The summed E-state index contributed by atoms with van der Waals surface area (Å²) in [5, 5.41) is 16.4. The van der Waals surface area contributed by atoms with E-state index in [4.69, 9.17) is 5.11 Å². The lowest BCUT2D eigenvalue weighted by molar-refractivity contribution is -0.141. The summed E-state index contributed by atoms with van der Waals surface area (Å²) in [6, 6.07) is 0. The van der Waals surface area contributed by atoms with Crippen LogP contribution in [0.5, 0.6) is 0 Å². The molecule has 0 saturated carbocycles. The van der Waals surface area contributed by atoms with Crippen LogP contribution >= 0.6 is 0 Å². The van der Waals surface area contributed by atoms with Crippen molar-refractivity contribution < 1.29 is 14.7 Å². The minimum absolute atomic E-state index is 0.150. The van der Waals surface area contributed by atoms with Gasteiger partial charge in [0.15, 0.2) is 0 Å². The monoisotopic (exact) mass is 323 g/mol. The Morgan fingerprint density at radius 1 is 1.30 bits per heavy atom. The molecule has 0 bridgehead atoms. The molecule has 6 nitrogen and oxygen atoms in total. The van der Waals surface area contributed by atoms with Crippen LogP contribution < -0.4 is 5.32 Å². The van der Waals surface area contributed by atoms with E-state index < -0.39 is 11.9 Å². The maximum absolute atomic E-state index is 12.1. The van der Waals surface area contributed by atoms with E-state index in [2.05, 4.69) is 24.3 Å². The standard InChI is InChI=1S/C17H29N3O3/c1-6-7-14(17(22)23)9-18-16(21)8-15-12(4)19-20(13(15)5)10-11(2)3/h11,14H,6-10H2,1-5H3,(H,18,21)(H,22,23). The van der Waals surface area contributed by atoms with Crippen molar-refractivity contribution in [3.63, 3.8) is 0 Å². The molecule has 1 heterocycles. The van der Waals surface area contributed by atoms with Crippen LogP contribution in [0.2, 0.25) is 0 Å². The first-order valence-corrected chi connectivity index (χ1v) is 8.28. The van der Waals surface area contributed by atoms with Crippen LogP contribution in [-0.2, 0) is 22.6 Å². The fraction of sp³-hybridized carbons (Fsp3) is 0.706. The number of hydrogen-bond donors (Lipinski definition) is 2. The van der Waals surface area contributed by atoms with E-state index in [9.17, 15) is 9.59 Å². The van der Waals surface area contributed by atoms with E-state index >= 15 is 0 Å². The minimum atomic E-state index is -0.857. The third-order valence-electron chi connectivity index (χ3n) is 3.94. The normalized spacial score (nSPS) is 12.4. The number of aryl methyl sites for hydroxylation is 1. The first-order chi connectivity index (χ1) is 10.8. The quantitative estimate of drug-likeness (QED) is 0.730. The van der Waals surface area contributed by atoms with Gasteiger partial charge in [0.25, 0.3) is 0 Å². The Bertz CT molecular complexity index is 550. The Morgan fingerprint density at radius 2 is 1.96 bits per heavy atom. The van der Waals surface area contributed by atoms with E-state index in [-0.39, 0.29) is 18.9 Å². The molecule has 1 atom stereocenters. The van der Waals surface area contributed by atoms with Gasteiger partial charge in [-0.15, -0.1) is 0 Å². The van der Waals surface area contributed by atoms with E-state index in [1.54, 1.807) is 0 Å². The molecule has 1 aromatic rings. The van der Waals surface area contributed by atoms with E-state index in [0.717, 1.165) is 29.9 Å². The van der Waals surface area contributed by atoms with E-state index in [0.29, 0.717) is 12.3 Å². The fourth-order valence-electron chi connectivity index (χ4n) is 2.63. The zero-order valence-electron chi connectivity index (χ0n) is 14.8. The number of aliphatic carboxylic acids is 1. The summed E-state index contributed by atoms with van der Waals surface area (Å²) >= 11 is 0. The molecule has 0 aliphatic rings. The van der Waals surface area contributed by atoms with Crippen molar-refractivity contribution >= 4 is 11.9 Å². The summed E-state index contributed by atoms with van der Waals surface area (Å²) in [5.41, 5.74) is 2.81. The number of hydrogen-bond acceptors (Lipinski definition) is 3. The van der Waals surface area contributed by atoms with Gasteiger partial charge in [0, 0.05) is 24.3 Å². The fourth-order valence-corrected chi connectivity index (χ4v) is 2.63. The lowest BCUT2D eigenvalue weighted by Crippen LogP contribution is -2.34. The number of aromatic nitrogens is 2. The summed E-state index contributed by atoms with van der Waals surface area (Å²) < 4.78 is 1.94. The van der Waals surface area contributed by atoms with Gasteiger partial charge in [0.1, 0.15) is 0 Å². The van der Waals surface area contributed by atoms with Gasteiger partial charge in [-0.25, -0.2) is 0 Å². The first-order valence-electron chi connectivity index (χ1n) is 8.28. The lowest BCUT2D eigenvalue weighted by Gasteiger charge is -2.12. The van der Waals surface area contributed by atoms with Crippen molar-refractivity contribution in [2.75, 3.05) is 6.54 Å². The van der Waals surface area contributed by atoms with Crippen molar-refractivity contribution in [1.82, 2.24) is 15.1 Å². The SMILES string of the molecule is CCCC(CNC(=O)Cc1c(C)nn(CC(C)C)c1C)C(=O)O. The zero-order chi connectivity index (χ0) is 17.6. The number of carbonyl (C=O) groups is 2. The number of amides is 1. The summed E-state index contributed by atoms with van der Waals surface area (Å²) in [6.45, 7) is 11.1. The molecule has 2 N–H and O–H groups in total. The maximum atomic E-state index is 12.1. The van der Waals surface area contributed by atoms with E-state index in [1.165, 1.54) is 0 Å². The molecule has 0 fully saturated rings. The Hall–Kier alpha value is -1.85. The van der Waals surface area contributed by atoms with Crippen LogP contribution in [0.15, 0.2) is 0 Å². The number of nitrogens with one attached hydrogen (secondary N) is 1. The van der Waals surface area contributed by atoms with Crippen molar-refractivity contribution in [3.8, 4) is 0 Å². The van der Waals surface area contributed by atoms with Gasteiger partial charge in [0.2, 0.25) is 5.91 Å². The van der Waals surface area contributed by atoms with Crippen LogP contribution in [0.1, 0.15) is 50.6 Å². The molecule has 0 saturated heterocycles. The topological polar surface area (TPSA) is 84.2 Å². The third-order valence-corrected chi connectivity index (χ3v) is 3.94. The molecule has 1 amide bonds. The Kier molecular flexibility index (Phi) is 7.26. The molecule has 1 unspecified atom stereocenters.